The summed E-state index contributed by atoms with van der Waals surface area (Å²) in [4.78, 5) is 4.49. The molecule has 0 spiro atoms. The van der Waals surface area contributed by atoms with Crippen LogP contribution in [0.4, 0.5) is 13.2 Å². The van der Waals surface area contributed by atoms with Gasteiger partial charge < -0.3 is 15.2 Å². The number of aromatic nitrogens is 1. The van der Waals surface area contributed by atoms with Gasteiger partial charge in [0.25, 0.3) is 0 Å². The maximum atomic E-state index is 12.6. The van der Waals surface area contributed by atoms with Crippen LogP contribution in [0, 0.1) is 5.92 Å². The molecule has 1 saturated heterocycles. The molecular formula is C16H27F3IN5O2S. The Labute approximate surface area is 180 Å². The number of hydrogen-bond acceptors (Lipinski definition) is 3. The van der Waals surface area contributed by atoms with Crippen LogP contribution in [0.5, 0.6) is 0 Å². The number of aliphatic imine (C=N–C) groups is 1. The lowest BCUT2D eigenvalue weighted by atomic mass is 9.98. The molecule has 0 amide bonds. The van der Waals surface area contributed by atoms with Crippen LogP contribution >= 0.6 is 24.0 Å². The van der Waals surface area contributed by atoms with Crippen molar-refractivity contribution < 1.29 is 21.6 Å². The SMILES string of the molecule is CCNC(=NCc1ccn(C)c1)NCC1CCN(S(=O)(=O)C(F)(F)F)CC1.I. The van der Waals surface area contributed by atoms with Gasteiger partial charge in [-0.2, -0.15) is 17.5 Å². The Morgan fingerprint density at radius 1 is 1.29 bits per heavy atom. The number of sulfonamides is 1. The lowest BCUT2D eigenvalue weighted by Crippen LogP contribution is -2.47. The van der Waals surface area contributed by atoms with E-state index in [9.17, 15) is 21.6 Å². The fourth-order valence-electron chi connectivity index (χ4n) is 2.91. The highest BCUT2D eigenvalue weighted by molar-refractivity contribution is 14.0. The van der Waals surface area contributed by atoms with Crippen molar-refractivity contribution in [2.24, 2.45) is 18.0 Å². The Morgan fingerprint density at radius 3 is 2.43 bits per heavy atom. The summed E-state index contributed by atoms with van der Waals surface area (Å²) in [6.45, 7) is 3.43. The van der Waals surface area contributed by atoms with E-state index in [0.29, 0.717) is 42.7 Å². The third-order valence-corrected chi connectivity index (χ3v) is 6.05. The van der Waals surface area contributed by atoms with Crippen molar-refractivity contribution in [2.45, 2.75) is 31.8 Å². The molecule has 2 rings (SSSR count). The Kier molecular flexibility index (Phi) is 9.53. The zero-order valence-corrected chi connectivity index (χ0v) is 19.0. The van der Waals surface area contributed by atoms with Gasteiger partial charge in [0.15, 0.2) is 5.96 Å². The highest BCUT2D eigenvalue weighted by atomic mass is 127. The minimum Gasteiger partial charge on any atom is -0.357 e. The van der Waals surface area contributed by atoms with Gasteiger partial charge in [-0.05, 0) is 37.3 Å². The van der Waals surface area contributed by atoms with Crippen LogP contribution in [-0.2, 0) is 23.6 Å². The molecular weight excluding hydrogens is 510 g/mol. The Bertz CT molecular complexity index is 744. The van der Waals surface area contributed by atoms with Gasteiger partial charge in [0.2, 0.25) is 0 Å². The van der Waals surface area contributed by atoms with E-state index in [-0.39, 0.29) is 43.0 Å². The van der Waals surface area contributed by atoms with Gasteiger partial charge in [0.05, 0.1) is 6.54 Å². The number of nitrogens with one attached hydrogen (secondary N) is 2. The molecule has 1 aliphatic rings. The van der Waals surface area contributed by atoms with Gasteiger partial charge in [-0.1, -0.05) is 0 Å². The number of hydrogen-bond donors (Lipinski definition) is 2. The fourth-order valence-corrected chi connectivity index (χ4v) is 3.89. The lowest BCUT2D eigenvalue weighted by Gasteiger charge is -2.31. The van der Waals surface area contributed by atoms with Gasteiger partial charge in [-0.15, -0.1) is 24.0 Å². The molecule has 1 aromatic rings. The Balaban J connectivity index is 0.00000392. The van der Waals surface area contributed by atoms with Crippen molar-refractivity contribution in [1.82, 2.24) is 19.5 Å². The van der Waals surface area contributed by atoms with Crippen LogP contribution < -0.4 is 10.6 Å². The van der Waals surface area contributed by atoms with E-state index in [2.05, 4.69) is 15.6 Å². The quantitative estimate of drug-likeness (QED) is 0.332. The molecule has 0 bridgehead atoms. The summed E-state index contributed by atoms with van der Waals surface area (Å²) in [6, 6.07) is 1.98. The molecule has 1 aliphatic heterocycles. The molecule has 1 fully saturated rings. The van der Waals surface area contributed by atoms with Crippen LogP contribution in [0.1, 0.15) is 25.3 Å². The van der Waals surface area contributed by atoms with Crippen LogP contribution in [-0.4, -0.2) is 54.9 Å². The topological polar surface area (TPSA) is 78.7 Å². The van der Waals surface area contributed by atoms with E-state index >= 15 is 0 Å². The van der Waals surface area contributed by atoms with Crippen molar-refractivity contribution in [1.29, 1.82) is 0 Å². The number of piperidine rings is 1. The number of nitrogens with zero attached hydrogens (tertiary/aromatic N) is 3. The van der Waals surface area contributed by atoms with Crippen molar-refractivity contribution >= 4 is 40.0 Å². The second-order valence-electron chi connectivity index (χ2n) is 6.55. The highest BCUT2D eigenvalue weighted by Gasteiger charge is 2.50. The number of guanidine groups is 1. The van der Waals surface area contributed by atoms with Crippen LogP contribution in [0.25, 0.3) is 0 Å². The standard InChI is InChI=1S/C16H26F3N5O2S.HI/c1-3-20-15(22-11-14-4-7-23(2)12-14)21-10-13-5-8-24(9-6-13)27(25,26)16(17,18)19;/h4,7,12-13H,3,5-6,8-11H2,1-2H3,(H2,20,21,22);1H. The average Bonchev–Trinajstić information content (AvgIpc) is 3.02. The summed E-state index contributed by atoms with van der Waals surface area (Å²) in [7, 11) is -3.29. The first-order chi connectivity index (χ1) is 12.6. The van der Waals surface area contributed by atoms with Gasteiger partial charge in [0.1, 0.15) is 0 Å². The fraction of sp³-hybridized carbons (Fsp3) is 0.688. The molecule has 0 unspecified atom stereocenters. The summed E-state index contributed by atoms with van der Waals surface area (Å²) in [5.41, 5.74) is -4.17. The molecule has 0 aliphatic carbocycles. The number of aryl methyl sites for hydroxylation is 1. The number of rotatable bonds is 6. The second kappa shape index (κ2) is 10.7. The second-order valence-corrected chi connectivity index (χ2v) is 8.48. The predicted molar refractivity (Wildman–Crippen MR) is 113 cm³/mol. The van der Waals surface area contributed by atoms with Crippen LogP contribution in [0.15, 0.2) is 23.5 Å². The van der Waals surface area contributed by atoms with Crippen LogP contribution in [0.3, 0.4) is 0 Å². The van der Waals surface area contributed by atoms with Gasteiger partial charge in [-0.3, -0.25) is 0 Å². The maximum Gasteiger partial charge on any atom is 0.511 e. The van der Waals surface area contributed by atoms with E-state index < -0.39 is 15.5 Å². The van der Waals surface area contributed by atoms with Gasteiger partial charge >= 0.3 is 15.5 Å². The first-order valence-electron chi connectivity index (χ1n) is 8.83. The molecule has 7 nitrogen and oxygen atoms in total. The molecule has 28 heavy (non-hydrogen) atoms. The van der Waals surface area contributed by atoms with Crippen LogP contribution in [0.2, 0.25) is 0 Å². The molecule has 1 aromatic heterocycles. The maximum absolute atomic E-state index is 12.6. The first-order valence-corrected chi connectivity index (χ1v) is 10.3. The average molecular weight is 537 g/mol. The third-order valence-electron chi connectivity index (χ3n) is 4.42. The molecule has 0 radical (unpaired) electrons. The molecule has 12 heteroatoms. The monoisotopic (exact) mass is 537 g/mol. The molecule has 2 N–H and O–H groups in total. The zero-order valence-electron chi connectivity index (χ0n) is 15.9. The molecule has 0 saturated carbocycles. The summed E-state index contributed by atoms with van der Waals surface area (Å²) in [5.74, 6) is 0.719. The minimum atomic E-state index is -5.24. The molecule has 162 valence electrons. The van der Waals surface area contributed by atoms with Crippen molar-refractivity contribution in [3.05, 3.63) is 24.0 Å². The van der Waals surface area contributed by atoms with Crippen molar-refractivity contribution in [2.75, 3.05) is 26.2 Å². The molecule has 0 atom stereocenters. The van der Waals surface area contributed by atoms with E-state index in [1.54, 1.807) is 0 Å². The Morgan fingerprint density at radius 2 is 1.93 bits per heavy atom. The van der Waals surface area contributed by atoms with Gasteiger partial charge in [0, 0.05) is 45.6 Å². The zero-order chi connectivity index (χ0) is 20.1. The van der Waals surface area contributed by atoms with E-state index in [1.165, 1.54) is 0 Å². The summed E-state index contributed by atoms with van der Waals surface area (Å²) in [6.07, 6.45) is 4.67. The lowest BCUT2D eigenvalue weighted by molar-refractivity contribution is -0.0496. The van der Waals surface area contributed by atoms with Crippen molar-refractivity contribution in [3.63, 3.8) is 0 Å². The number of halogens is 4. The van der Waals surface area contributed by atoms with E-state index in [4.69, 9.17) is 0 Å². The van der Waals surface area contributed by atoms with E-state index in [1.807, 2.05) is 37.0 Å². The predicted octanol–water partition coefficient (Wildman–Crippen LogP) is 2.26. The third kappa shape index (κ3) is 6.79. The highest BCUT2D eigenvalue weighted by Crippen LogP contribution is 2.30. The van der Waals surface area contributed by atoms with Gasteiger partial charge in [-0.25, -0.2) is 13.4 Å². The summed E-state index contributed by atoms with van der Waals surface area (Å²) in [5, 5.41) is 6.32. The Hall–Kier alpha value is -1.02. The summed E-state index contributed by atoms with van der Waals surface area (Å²) < 4.78 is 63.2. The number of alkyl halides is 3. The largest absolute Gasteiger partial charge is 0.511 e. The van der Waals surface area contributed by atoms with Crippen molar-refractivity contribution in [3.8, 4) is 0 Å². The normalized spacial score (nSPS) is 17.2. The minimum absolute atomic E-state index is 0. The molecule has 0 aromatic carbocycles. The smallest absolute Gasteiger partial charge is 0.357 e. The summed E-state index contributed by atoms with van der Waals surface area (Å²) >= 11 is 0. The van der Waals surface area contributed by atoms with E-state index in [0.717, 1.165) is 5.56 Å². The first kappa shape index (κ1) is 25.0. The molecule has 2 heterocycles.